The predicted octanol–water partition coefficient (Wildman–Crippen LogP) is 1.87. The average Bonchev–Trinajstić information content (AvgIpc) is 2.35. The van der Waals surface area contributed by atoms with Gasteiger partial charge in [-0.2, -0.15) is 0 Å². The molecule has 0 bridgehead atoms. The van der Waals surface area contributed by atoms with Crippen molar-refractivity contribution in [2.24, 2.45) is 0 Å². The highest BCUT2D eigenvalue weighted by atomic mass is 19.1. The second kappa shape index (κ2) is 4.89. The molecular weight excluding hydrogens is 230 g/mol. The van der Waals surface area contributed by atoms with Crippen molar-refractivity contribution in [3.8, 4) is 0 Å². The third-order valence-corrected chi connectivity index (χ3v) is 2.64. The summed E-state index contributed by atoms with van der Waals surface area (Å²) in [4.78, 5) is 11.9. The van der Waals surface area contributed by atoms with Gasteiger partial charge in [0.15, 0.2) is 5.78 Å². The van der Waals surface area contributed by atoms with Crippen molar-refractivity contribution >= 4 is 5.78 Å². The van der Waals surface area contributed by atoms with E-state index in [1.165, 1.54) is 13.0 Å². The molecule has 17 heavy (non-hydrogen) atoms. The van der Waals surface area contributed by atoms with E-state index in [2.05, 4.69) is 0 Å². The molecule has 0 radical (unpaired) electrons. The number of carbonyl (C=O) groups is 1. The van der Waals surface area contributed by atoms with Gasteiger partial charge in [0, 0.05) is 0 Å². The molecule has 5 heteroatoms. The van der Waals surface area contributed by atoms with E-state index in [9.17, 15) is 13.6 Å². The van der Waals surface area contributed by atoms with Crippen molar-refractivity contribution < 1.29 is 23.0 Å². The second-order valence-corrected chi connectivity index (χ2v) is 3.85. The first-order valence-electron chi connectivity index (χ1n) is 5.29. The van der Waals surface area contributed by atoms with Crippen molar-refractivity contribution in [3.63, 3.8) is 0 Å². The Kier molecular flexibility index (Phi) is 3.49. The maximum absolute atomic E-state index is 13.7. The zero-order chi connectivity index (χ0) is 12.4. The molecule has 0 N–H and O–H groups in total. The highest BCUT2D eigenvalue weighted by Gasteiger charge is 2.29. The zero-order valence-corrected chi connectivity index (χ0v) is 9.33. The van der Waals surface area contributed by atoms with Crippen LogP contribution in [0.3, 0.4) is 0 Å². The van der Waals surface area contributed by atoms with Crippen LogP contribution in [-0.4, -0.2) is 31.7 Å². The number of hydrogen-bond acceptors (Lipinski definition) is 3. The first-order valence-corrected chi connectivity index (χ1v) is 5.29. The molecule has 1 atom stereocenters. The lowest BCUT2D eigenvalue weighted by Gasteiger charge is -2.22. The summed E-state index contributed by atoms with van der Waals surface area (Å²) in [7, 11) is 0. The van der Waals surface area contributed by atoms with Crippen molar-refractivity contribution in [1.29, 1.82) is 0 Å². The Morgan fingerprint density at radius 3 is 2.76 bits per heavy atom. The quantitative estimate of drug-likeness (QED) is 0.743. The average molecular weight is 242 g/mol. The molecule has 0 aromatic heterocycles. The van der Waals surface area contributed by atoms with Gasteiger partial charge in [-0.3, -0.25) is 4.79 Å². The number of halogens is 2. The van der Waals surface area contributed by atoms with E-state index in [1.54, 1.807) is 0 Å². The number of carbonyl (C=O) groups excluding carboxylic acids is 1. The second-order valence-electron chi connectivity index (χ2n) is 3.85. The SMILES string of the molecule is Cc1ccc(F)c(C(=O)C2COCCO2)c1F. The Hall–Kier alpha value is -1.33. The molecule has 0 amide bonds. The largest absolute Gasteiger partial charge is 0.376 e. The van der Waals surface area contributed by atoms with Crippen LogP contribution >= 0.6 is 0 Å². The summed E-state index contributed by atoms with van der Waals surface area (Å²) in [5.74, 6) is -2.40. The van der Waals surface area contributed by atoms with Crippen LogP contribution in [-0.2, 0) is 9.47 Å². The summed E-state index contributed by atoms with van der Waals surface area (Å²) in [5.41, 5.74) is -0.313. The molecule has 92 valence electrons. The van der Waals surface area contributed by atoms with Crippen LogP contribution in [0, 0.1) is 18.6 Å². The van der Waals surface area contributed by atoms with Gasteiger partial charge < -0.3 is 9.47 Å². The molecule has 0 aliphatic carbocycles. The van der Waals surface area contributed by atoms with Gasteiger partial charge in [0.05, 0.1) is 25.4 Å². The fraction of sp³-hybridized carbons (Fsp3) is 0.417. The number of hydrogen-bond donors (Lipinski definition) is 0. The summed E-state index contributed by atoms with van der Waals surface area (Å²) in [6.45, 7) is 2.16. The zero-order valence-electron chi connectivity index (χ0n) is 9.33. The fourth-order valence-electron chi connectivity index (χ4n) is 1.68. The first-order chi connectivity index (χ1) is 8.11. The van der Waals surface area contributed by atoms with E-state index in [1.807, 2.05) is 0 Å². The fourth-order valence-corrected chi connectivity index (χ4v) is 1.68. The van der Waals surface area contributed by atoms with Gasteiger partial charge in [0.25, 0.3) is 0 Å². The lowest BCUT2D eigenvalue weighted by atomic mass is 10.0. The summed E-state index contributed by atoms with van der Waals surface area (Å²) in [6.07, 6.45) is -0.922. The number of ether oxygens (including phenoxy) is 2. The summed E-state index contributed by atoms with van der Waals surface area (Å²) in [5, 5.41) is 0. The van der Waals surface area contributed by atoms with E-state index in [4.69, 9.17) is 9.47 Å². The van der Waals surface area contributed by atoms with Gasteiger partial charge >= 0.3 is 0 Å². The van der Waals surface area contributed by atoms with Gasteiger partial charge in [-0.25, -0.2) is 8.78 Å². The van der Waals surface area contributed by atoms with Crippen LogP contribution in [0.5, 0.6) is 0 Å². The molecule has 1 aromatic carbocycles. The van der Waals surface area contributed by atoms with Crippen molar-refractivity contribution in [3.05, 3.63) is 34.9 Å². The Morgan fingerprint density at radius 2 is 2.12 bits per heavy atom. The molecule has 0 spiro atoms. The smallest absolute Gasteiger partial charge is 0.199 e. The highest BCUT2D eigenvalue weighted by molar-refractivity contribution is 6.00. The lowest BCUT2D eigenvalue weighted by Crippen LogP contribution is -2.36. The van der Waals surface area contributed by atoms with Gasteiger partial charge in [-0.15, -0.1) is 0 Å². The van der Waals surface area contributed by atoms with Gasteiger partial charge in [0.1, 0.15) is 17.7 Å². The highest BCUT2D eigenvalue weighted by Crippen LogP contribution is 2.19. The molecular formula is C12H12F2O3. The van der Waals surface area contributed by atoms with Crippen LogP contribution in [0.4, 0.5) is 8.78 Å². The van der Waals surface area contributed by atoms with Crippen molar-refractivity contribution in [1.82, 2.24) is 0 Å². The molecule has 1 aliphatic heterocycles. The summed E-state index contributed by atoms with van der Waals surface area (Å²) in [6, 6.07) is 2.37. The standard InChI is InChI=1S/C12H12F2O3/c1-7-2-3-8(13)10(11(7)14)12(15)9-6-16-4-5-17-9/h2-3,9H,4-6H2,1H3. The lowest BCUT2D eigenvalue weighted by molar-refractivity contribution is -0.0721. The van der Waals surface area contributed by atoms with E-state index >= 15 is 0 Å². The van der Waals surface area contributed by atoms with Crippen LogP contribution < -0.4 is 0 Å². The normalized spacial score (nSPS) is 20.3. The van der Waals surface area contributed by atoms with Crippen LogP contribution in [0.1, 0.15) is 15.9 Å². The molecule has 1 aliphatic rings. The predicted molar refractivity (Wildman–Crippen MR) is 56.0 cm³/mol. The van der Waals surface area contributed by atoms with Crippen molar-refractivity contribution in [2.75, 3.05) is 19.8 Å². The van der Waals surface area contributed by atoms with Gasteiger partial charge in [-0.1, -0.05) is 6.07 Å². The minimum atomic E-state index is -0.922. The van der Waals surface area contributed by atoms with E-state index in [0.717, 1.165) is 6.07 Å². The first kappa shape index (κ1) is 12.1. The molecule has 2 rings (SSSR count). The molecule has 3 nitrogen and oxygen atoms in total. The van der Waals surface area contributed by atoms with Gasteiger partial charge in [0.2, 0.25) is 0 Å². The maximum Gasteiger partial charge on any atom is 0.199 e. The molecule has 1 saturated heterocycles. The van der Waals surface area contributed by atoms with Gasteiger partial charge in [-0.05, 0) is 18.6 Å². The maximum atomic E-state index is 13.7. The van der Waals surface area contributed by atoms with Crippen molar-refractivity contribution in [2.45, 2.75) is 13.0 Å². The monoisotopic (exact) mass is 242 g/mol. The number of benzene rings is 1. The summed E-state index contributed by atoms with van der Waals surface area (Å²) >= 11 is 0. The molecule has 0 saturated carbocycles. The minimum Gasteiger partial charge on any atom is -0.376 e. The van der Waals surface area contributed by atoms with E-state index in [0.29, 0.717) is 6.61 Å². The summed E-state index contributed by atoms with van der Waals surface area (Å²) < 4.78 is 37.4. The van der Waals surface area contributed by atoms with E-state index < -0.39 is 29.1 Å². The Morgan fingerprint density at radius 1 is 1.35 bits per heavy atom. The third-order valence-electron chi connectivity index (χ3n) is 2.64. The Balaban J connectivity index is 2.32. The number of Topliss-reactive ketones (excluding diaryl/α,β-unsaturated/α-hetero) is 1. The third kappa shape index (κ3) is 2.35. The number of aryl methyl sites for hydroxylation is 1. The Labute approximate surface area is 97.3 Å². The van der Waals surface area contributed by atoms with Crippen LogP contribution in [0.2, 0.25) is 0 Å². The van der Waals surface area contributed by atoms with Crippen LogP contribution in [0.25, 0.3) is 0 Å². The molecule has 1 heterocycles. The Bertz CT molecular complexity index is 440. The topological polar surface area (TPSA) is 35.5 Å². The molecule has 1 aromatic rings. The molecule has 1 unspecified atom stereocenters. The molecule has 1 fully saturated rings. The minimum absolute atomic E-state index is 0.0334. The van der Waals surface area contributed by atoms with Crippen LogP contribution in [0.15, 0.2) is 12.1 Å². The number of rotatable bonds is 2. The number of ketones is 1. The van der Waals surface area contributed by atoms with E-state index in [-0.39, 0.29) is 18.8 Å².